The van der Waals surface area contributed by atoms with E-state index in [0.29, 0.717) is 24.9 Å². The summed E-state index contributed by atoms with van der Waals surface area (Å²) in [6, 6.07) is 7.71. The van der Waals surface area contributed by atoms with Gasteiger partial charge in [-0.1, -0.05) is 39.3 Å². The largest absolute Gasteiger partial charge is 0.491 e. The Hall–Kier alpha value is -2.05. The summed E-state index contributed by atoms with van der Waals surface area (Å²) in [5, 5.41) is 15.5. The average Bonchev–Trinajstić information content (AvgIpc) is 2.59. The van der Waals surface area contributed by atoms with Crippen LogP contribution in [-0.4, -0.2) is 43.1 Å². The molecule has 0 spiro atoms. The standard InChI is InChI=1S/C19H30N2O4/c1-4-5-12-24-19(23)20-11-10-16-6-8-18(9-7-16)25-14-17(22)13-21-15(2)3/h6-11,15,17,21-22H,4-5,12-14H2,1-3H3,(H,20,23). The predicted octanol–water partition coefficient (Wildman–Crippen LogP) is 2.92. The number of rotatable bonds is 11. The van der Waals surface area contributed by atoms with Crippen LogP contribution in [0.4, 0.5) is 4.79 Å². The number of benzene rings is 1. The Kier molecular flexibility index (Phi) is 10.4. The fraction of sp³-hybridized carbons (Fsp3) is 0.526. The Bertz CT molecular complexity index is 515. The molecule has 140 valence electrons. The van der Waals surface area contributed by atoms with Gasteiger partial charge in [-0.3, -0.25) is 5.32 Å². The summed E-state index contributed by atoms with van der Waals surface area (Å²) in [6.07, 6.45) is 4.17. The van der Waals surface area contributed by atoms with Crippen molar-refractivity contribution in [3.05, 3.63) is 36.0 Å². The molecule has 0 aliphatic heterocycles. The number of amides is 1. The minimum atomic E-state index is -0.551. The Balaban J connectivity index is 2.31. The zero-order valence-electron chi connectivity index (χ0n) is 15.3. The lowest BCUT2D eigenvalue weighted by atomic mass is 10.2. The summed E-state index contributed by atoms with van der Waals surface area (Å²) in [7, 11) is 0. The van der Waals surface area contributed by atoms with Crippen molar-refractivity contribution in [2.24, 2.45) is 0 Å². The summed E-state index contributed by atoms with van der Waals surface area (Å²) < 4.78 is 10.5. The molecular formula is C19H30N2O4. The van der Waals surface area contributed by atoms with Gasteiger partial charge in [0.05, 0.1) is 6.61 Å². The van der Waals surface area contributed by atoms with Gasteiger partial charge in [0, 0.05) is 18.8 Å². The summed E-state index contributed by atoms with van der Waals surface area (Å²) in [5.41, 5.74) is 0.920. The van der Waals surface area contributed by atoms with Crippen LogP contribution in [0.15, 0.2) is 30.5 Å². The second-order valence-electron chi connectivity index (χ2n) is 6.06. The number of unbranched alkanes of at least 4 members (excludes halogenated alkanes) is 1. The summed E-state index contributed by atoms with van der Waals surface area (Å²) >= 11 is 0. The van der Waals surface area contributed by atoms with Crippen molar-refractivity contribution >= 4 is 12.2 Å². The van der Waals surface area contributed by atoms with Gasteiger partial charge < -0.3 is 19.9 Å². The van der Waals surface area contributed by atoms with E-state index in [4.69, 9.17) is 9.47 Å². The second kappa shape index (κ2) is 12.3. The molecule has 0 aliphatic carbocycles. The zero-order chi connectivity index (χ0) is 18.5. The predicted molar refractivity (Wildman–Crippen MR) is 99.5 cm³/mol. The molecule has 6 nitrogen and oxygen atoms in total. The van der Waals surface area contributed by atoms with Crippen LogP contribution in [-0.2, 0) is 4.74 Å². The Labute approximate surface area is 150 Å². The molecule has 25 heavy (non-hydrogen) atoms. The van der Waals surface area contributed by atoms with Gasteiger partial charge in [0.2, 0.25) is 0 Å². The third-order valence-electron chi connectivity index (χ3n) is 3.29. The lowest BCUT2D eigenvalue weighted by Gasteiger charge is -2.15. The first kappa shape index (κ1) is 21.0. The highest BCUT2D eigenvalue weighted by molar-refractivity contribution is 5.69. The number of carbonyl (C=O) groups is 1. The van der Waals surface area contributed by atoms with Crippen LogP contribution in [0.25, 0.3) is 6.08 Å². The fourth-order valence-corrected chi connectivity index (χ4v) is 1.86. The Morgan fingerprint density at radius 1 is 1.28 bits per heavy atom. The van der Waals surface area contributed by atoms with Gasteiger partial charge in [-0.15, -0.1) is 0 Å². The normalized spacial score (nSPS) is 12.4. The monoisotopic (exact) mass is 350 g/mol. The third kappa shape index (κ3) is 10.4. The molecule has 1 aromatic rings. The fourth-order valence-electron chi connectivity index (χ4n) is 1.86. The zero-order valence-corrected chi connectivity index (χ0v) is 15.3. The van der Waals surface area contributed by atoms with Gasteiger partial charge in [-0.2, -0.15) is 0 Å². The molecule has 3 N–H and O–H groups in total. The molecule has 0 aliphatic rings. The van der Waals surface area contributed by atoms with Crippen molar-refractivity contribution in [3.63, 3.8) is 0 Å². The van der Waals surface area contributed by atoms with Crippen LogP contribution >= 0.6 is 0 Å². The van der Waals surface area contributed by atoms with Crippen molar-refractivity contribution in [2.45, 2.75) is 45.8 Å². The van der Waals surface area contributed by atoms with Gasteiger partial charge in [0.1, 0.15) is 18.5 Å². The lowest BCUT2D eigenvalue weighted by Crippen LogP contribution is -2.35. The molecule has 0 fully saturated rings. The van der Waals surface area contributed by atoms with Gasteiger partial charge in [0.25, 0.3) is 0 Å². The van der Waals surface area contributed by atoms with E-state index in [2.05, 4.69) is 10.6 Å². The molecule has 0 bridgehead atoms. The van der Waals surface area contributed by atoms with Crippen LogP contribution in [0, 0.1) is 0 Å². The maximum Gasteiger partial charge on any atom is 0.411 e. The lowest BCUT2D eigenvalue weighted by molar-refractivity contribution is 0.104. The number of alkyl carbamates (subject to hydrolysis) is 1. The molecule has 0 radical (unpaired) electrons. The first-order valence-corrected chi connectivity index (χ1v) is 8.75. The maximum atomic E-state index is 11.4. The van der Waals surface area contributed by atoms with E-state index >= 15 is 0 Å². The van der Waals surface area contributed by atoms with Crippen LogP contribution in [0.5, 0.6) is 5.75 Å². The Morgan fingerprint density at radius 3 is 2.64 bits per heavy atom. The van der Waals surface area contributed by atoms with Crippen LogP contribution in [0.1, 0.15) is 39.2 Å². The van der Waals surface area contributed by atoms with Crippen molar-refractivity contribution in [2.75, 3.05) is 19.8 Å². The highest BCUT2D eigenvalue weighted by Crippen LogP contribution is 2.13. The Morgan fingerprint density at radius 2 is 2.00 bits per heavy atom. The summed E-state index contributed by atoms with van der Waals surface area (Å²) in [6.45, 7) is 7.26. The highest BCUT2D eigenvalue weighted by Gasteiger charge is 2.05. The highest BCUT2D eigenvalue weighted by atomic mass is 16.5. The first-order chi connectivity index (χ1) is 12.0. The van der Waals surface area contributed by atoms with E-state index in [0.717, 1.165) is 18.4 Å². The van der Waals surface area contributed by atoms with E-state index in [1.54, 1.807) is 12.3 Å². The minimum Gasteiger partial charge on any atom is -0.491 e. The minimum absolute atomic E-state index is 0.236. The smallest absolute Gasteiger partial charge is 0.411 e. The molecule has 0 saturated carbocycles. The summed E-state index contributed by atoms with van der Waals surface area (Å²) in [4.78, 5) is 11.4. The number of hydrogen-bond donors (Lipinski definition) is 3. The van der Waals surface area contributed by atoms with Crippen molar-refractivity contribution in [1.82, 2.24) is 10.6 Å². The van der Waals surface area contributed by atoms with Gasteiger partial charge >= 0.3 is 6.09 Å². The molecule has 1 unspecified atom stereocenters. The van der Waals surface area contributed by atoms with E-state index in [-0.39, 0.29) is 6.61 Å². The SMILES string of the molecule is CCCCOC(=O)NC=Cc1ccc(OCC(O)CNC(C)C)cc1. The van der Waals surface area contributed by atoms with Crippen molar-refractivity contribution < 1.29 is 19.4 Å². The maximum absolute atomic E-state index is 11.4. The molecule has 1 atom stereocenters. The summed E-state index contributed by atoms with van der Waals surface area (Å²) in [5.74, 6) is 0.688. The van der Waals surface area contributed by atoms with E-state index in [1.807, 2.05) is 45.0 Å². The van der Waals surface area contributed by atoms with E-state index in [1.165, 1.54) is 0 Å². The van der Waals surface area contributed by atoms with Gasteiger partial charge in [0.15, 0.2) is 0 Å². The number of carbonyl (C=O) groups excluding carboxylic acids is 1. The molecule has 0 heterocycles. The molecule has 1 amide bonds. The van der Waals surface area contributed by atoms with Gasteiger partial charge in [-0.25, -0.2) is 4.79 Å². The topological polar surface area (TPSA) is 79.8 Å². The van der Waals surface area contributed by atoms with Crippen LogP contribution in [0.3, 0.4) is 0 Å². The third-order valence-corrected chi connectivity index (χ3v) is 3.29. The number of hydrogen-bond acceptors (Lipinski definition) is 5. The molecule has 6 heteroatoms. The van der Waals surface area contributed by atoms with Crippen molar-refractivity contribution in [3.8, 4) is 5.75 Å². The molecule has 1 aromatic carbocycles. The van der Waals surface area contributed by atoms with Crippen LogP contribution < -0.4 is 15.4 Å². The van der Waals surface area contributed by atoms with Gasteiger partial charge in [-0.05, 0) is 30.2 Å². The number of ether oxygens (including phenoxy) is 2. The molecule has 0 aromatic heterocycles. The molecule has 0 saturated heterocycles. The van der Waals surface area contributed by atoms with Crippen LogP contribution in [0.2, 0.25) is 0 Å². The number of nitrogens with one attached hydrogen (secondary N) is 2. The number of aliphatic hydroxyl groups excluding tert-OH is 1. The van der Waals surface area contributed by atoms with Crippen molar-refractivity contribution in [1.29, 1.82) is 0 Å². The molecular weight excluding hydrogens is 320 g/mol. The quantitative estimate of drug-likeness (QED) is 0.535. The van der Waals surface area contributed by atoms with E-state index < -0.39 is 12.2 Å². The van der Waals surface area contributed by atoms with E-state index in [9.17, 15) is 9.90 Å². The second-order valence-corrected chi connectivity index (χ2v) is 6.06. The molecule has 1 rings (SSSR count). The number of aliphatic hydroxyl groups is 1. The first-order valence-electron chi connectivity index (χ1n) is 8.75. The average molecular weight is 350 g/mol.